The van der Waals surface area contributed by atoms with Crippen LogP contribution in [0.3, 0.4) is 0 Å². The molecular weight excluding hydrogens is 272 g/mol. The Hall–Kier alpha value is -0.480. The maximum atomic E-state index is 11.0. The fraction of sp³-hybridized carbons (Fsp3) is 0.300. The summed E-state index contributed by atoms with van der Waals surface area (Å²) in [6.45, 7) is 2.39. The van der Waals surface area contributed by atoms with E-state index in [2.05, 4.69) is 5.32 Å². The summed E-state index contributed by atoms with van der Waals surface area (Å²) in [5.41, 5.74) is 0.557. The fourth-order valence-electron chi connectivity index (χ4n) is 1.29. The topological polar surface area (TPSA) is 49.3 Å². The standard InChI is InChI=1S/C10H11Cl2NO2.ClH/c1-2-13-9(10(14)15)6-3-7(11)5-8(12)4-6;/h3-5,9,13H,2H2,1H3,(H,14,15);1H. The summed E-state index contributed by atoms with van der Waals surface area (Å²) in [5, 5.41) is 12.7. The Morgan fingerprint density at radius 1 is 1.38 bits per heavy atom. The van der Waals surface area contributed by atoms with E-state index in [0.717, 1.165) is 0 Å². The molecule has 0 heterocycles. The van der Waals surface area contributed by atoms with Gasteiger partial charge in [-0.25, -0.2) is 0 Å². The molecule has 16 heavy (non-hydrogen) atoms. The van der Waals surface area contributed by atoms with Crippen LogP contribution in [0.2, 0.25) is 10.0 Å². The Bertz CT molecular complexity index is 351. The summed E-state index contributed by atoms with van der Waals surface area (Å²) in [5.74, 6) is -0.949. The third-order valence-corrected chi connectivity index (χ3v) is 2.31. The van der Waals surface area contributed by atoms with E-state index in [9.17, 15) is 4.79 Å². The van der Waals surface area contributed by atoms with E-state index in [1.54, 1.807) is 18.2 Å². The zero-order valence-corrected chi connectivity index (χ0v) is 10.9. The summed E-state index contributed by atoms with van der Waals surface area (Å²) in [4.78, 5) is 11.0. The minimum absolute atomic E-state index is 0. The second-order valence-corrected chi connectivity index (χ2v) is 3.90. The maximum absolute atomic E-state index is 11.0. The zero-order chi connectivity index (χ0) is 11.4. The van der Waals surface area contributed by atoms with E-state index in [0.29, 0.717) is 22.2 Å². The molecule has 0 aromatic heterocycles. The number of halogens is 3. The molecule has 0 amide bonds. The molecule has 0 saturated carbocycles. The van der Waals surface area contributed by atoms with Crippen LogP contribution in [0.5, 0.6) is 0 Å². The number of rotatable bonds is 4. The first-order chi connectivity index (χ1) is 7.04. The predicted octanol–water partition coefficient (Wildman–Crippen LogP) is 3.15. The molecular formula is C10H12Cl3NO2. The van der Waals surface area contributed by atoms with E-state index in [4.69, 9.17) is 28.3 Å². The first kappa shape index (κ1) is 15.5. The van der Waals surface area contributed by atoms with Crippen LogP contribution < -0.4 is 5.32 Å². The molecule has 1 rings (SSSR count). The Labute approximate surface area is 110 Å². The lowest BCUT2D eigenvalue weighted by molar-refractivity contribution is -0.139. The zero-order valence-electron chi connectivity index (χ0n) is 8.54. The van der Waals surface area contributed by atoms with Gasteiger partial charge in [0.15, 0.2) is 0 Å². The second kappa shape index (κ2) is 6.97. The molecule has 0 radical (unpaired) electrons. The number of hydrogen-bond donors (Lipinski definition) is 2. The van der Waals surface area contributed by atoms with Crippen LogP contribution in [-0.4, -0.2) is 17.6 Å². The minimum Gasteiger partial charge on any atom is -0.480 e. The van der Waals surface area contributed by atoms with E-state index in [-0.39, 0.29) is 12.4 Å². The van der Waals surface area contributed by atoms with Crippen LogP contribution in [0.25, 0.3) is 0 Å². The molecule has 1 aromatic carbocycles. The molecule has 6 heteroatoms. The second-order valence-electron chi connectivity index (χ2n) is 3.03. The van der Waals surface area contributed by atoms with Gasteiger partial charge in [-0.1, -0.05) is 30.1 Å². The van der Waals surface area contributed by atoms with Crippen molar-refractivity contribution in [1.29, 1.82) is 0 Å². The van der Waals surface area contributed by atoms with Gasteiger partial charge in [-0.2, -0.15) is 0 Å². The van der Waals surface area contributed by atoms with Gasteiger partial charge in [0.2, 0.25) is 0 Å². The van der Waals surface area contributed by atoms with Crippen molar-refractivity contribution in [2.45, 2.75) is 13.0 Å². The van der Waals surface area contributed by atoms with Crippen LogP contribution >= 0.6 is 35.6 Å². The van der Waals surface area contributed by atoms with E-state index in [1.807, 2.05) is 6.92 Å². The highest BCUT2D eigenvalue weighted by atomic mass is 35.5. The average molecular weight is 285 g/mol. The molecule has 1 unspecified atom stereocenters. The van der Waals surface area contributed by atoms with Crippen molar-refractivity contribution in [3.8, 4) is 0 Å². The monoisotopic (exact) mass is 283 g/mol. The Kier molecular flexibility index (Phi) is 6.76. The highest BCUT2D eigenvalue weighted by molar-refractivity contribution is 6.34. The van der Waals surface area contributed by atoms with Gasteiger partial charge in [0.1, 0.15) is 6.04 Å². The Morgan fingerprint density at radius 2 is 1.88 bits per heavy atom. The van der Waals surface area contributed by atoms with Crippen LogP contribution in [0, 0.1) is 0 Å². The molecule has 2 N–H and O–H groups in total. The number of carboxylic acids is 1. The molecule has 3 nitrogen and oxygen atoms in total. The van der Waals surface area contributed by atoms with Crippen molar-refractivity contribution in [2.75, 3.05) is 6.54 Å². The Morgan fingerprint density at radius 3 is 2.25 bits per heavy atom. The van der Waals surface area contributed by atoms with Crippen LogP contribution in [0.1, 0.15) is 18.5 Å². The van der Waals surface area contributed by atoms with Gasteiger partial charge in [-0.3, -0.25) is 4.79 Å². The van der Waals surface area contributed by atoms with Crippen LogP contribution in [0.15, 0.2) is 18.2 Å². The van der Waals surface area contributed by atoms with Gasteiger partial charge in [-0.15, -0.1) is 12.4 Å². The van der Waals surface area contributed by atoms with Crippen molar-refractivity contribution in [3.05, 3.63) is 33.8 Å². The molecule has 0 aliphatic heterocycles. The first-order valence-electron chi connectivity index (χ1n) is 4.46. The van der Waals surface area contributed by atoms with Crippen molar-refractivity contribution in [2.24, 2.45) is 0 Å². The molecule has 0 spiro atoms. The maximum Gasteiger partial charge on any atom is 0.325 e. The average Bonchev–Trinajstić information content (AvgIpc) is 2.11. The fourth-order valence-corrected chi connectivity index (χ4v) is 1.84. The van der Waals surface area contributed by atoms with Gasteiger partial charge in [0.05, 0.1) is 0 Å². The highest BCUT2D eigenvalue weighted by Crippen LogP contribution is 2.23. The molecule has 0 aliphatic carbocycles. The van der Waals surface area contributed by atoms with Crippen LogP contribution in [-0.2, 0) is 4.79 Å². The van der Waals surface area contributed by atoms with Gasteiger partial charge in [-0.05, 0) is 30.3 Å². The summed E-state index contributed by atoms with van der Waals surface area (Å²) in [6, 6.07) is 3.98. The van der Waals surface area contributed by atoms with Crippen molar-refractivity contribution in [3.63, 3.8) is 0 Å². The van der Waals surface area contributed by atoms with E-state index in [1.165, 1.54) is 0 Å². The number of aliphatic carboxylic acids is 1. The number of likely N-dealkylation sites (N-methyl/N-ethyl adjacent to an activating group) is 1. The lowest BCUT2D eigenvalue weighted by Gasteiger charge is -2.13. The summed E-state index contributed by atoms with van der Waals surface area (Å²) in [7, 11) is 0. The minimum atomic E-state index is -0.949. The van der Waals surface area contributed by atoms with Gasteiger partial charge in [0, 0.05) is 10.0 Å². The molecule has 0 bridgehead atoms. The molecule has 90 valence electrons. The molecule has 0 aliphatic rings. The normalized spacial score (nSPS) is 11.7. The summed E-state index contributed by atoms with van der Waals surface area (Å²) >= 11 is 11.6. The van der Waals surface area contributed by atoms with Crippen molar-refractivity contribution in [1.82, 2.24) is 5.32 Å². The largest absolute Gasteiger partial charge is 0.480 e. The quantitative estimate of drug-likeness (QED) is 0.893. The number of carboxylic acid groups (broad SMARTS) is 1. The lowest BCUT2D eigenvalue weighted by atomic mass is 10.1. The highest BCUT2D eigenvalue weighted by Gasteiger charge is 2.18. The van der Waals surface area contributed by atoms with Crippen molar-refractivity contribution < 1.29 is 9.90 Å². The molecule has 0 saturated heterocycles. The number of carbonyl (C=O) groups is 1. The third kappa shape index (κ3) is 4.18. The molecule has 1 aromatic rings. The van der Waals surface area contributed by atoms with Gasteiger partial charge >= 0.3 is 5.97 Å². The summed E-state index contributed by atoms with van der Waals surface area (Å²) in [6.07, 6.45) is 0. The smallest absolute Gasteiger partial charge is 0.325 e. The van der Waals surface area contributed by atoms with Crippen LogP contribution in [0.4, 0.5) is 0 Å². The lowest BCUT2D eigenvalue weighted by Crippen LogP contribution is -2.28. The third-order valence-electron chi connectivity index (χ3n) is 1.87. The number of nitrogens with one attached hydrogen (secondary N) is 1. The predicted molar refractivity (Wildman–Crippen MR) is 67.8 cm³/mol. The van der Waals surface area contributed by atoms with Crippen molar-refractivity contribution >= 4 is 41.6 Å². The van der Waals surface area contributed by atoms with Gasteiger partial charge < -0.3 is 10.4 Å². The van der Waals surface area contributed by atoms with E-state index < -0.39 is 12.0 Å². The van der Waals surface area contributed by atoms with Gasteiger partial charge in [0.25, 0.3) is 0 Å². The van der Waals surface area contributed by atoms with E-state index >= 15 is 0 Å². The number of hydrogen-bond acceptors (Lipinski definition) is 2. The molecule has 0 fully saturated rings. The Balaban J connectivity index is 0.00000225. The number of benzene rings is 1. The summed E-state index contributed by atoms with van der Waals surface area (Å²) < 4.78 is 0. The molecule has 1 atom stereocenters. The first-order valence-corrected chi connectivity index (χ1v) is 5.22. The SMILES string of the molecule is CCNC(C(=O)O)c1cc(Cl)cc(Cl)c1.Cl.